The Morgan fingerprint density at radius 1 is 1.33 bits per heavy atom. The molecule has 0 aliphatic rings. The molecule has 2 rings (SSSR count). The van der Waals surface area contributed by atoms with Crippen LogP contribution in [0.5, 0.6) is 0 Å². The van der Waals surface area contributed by atoms with Gasteiger partial charge in [0.2, 0.25) is 0 Å². The fraction of sp³-hybridized carbons (Fsp3) is 0.364. The van der Waals surface area contributed by atoms with Gasteiger partial charge < -0.3 is 4.40 Å². The smallest absolute Gasteiger partial charge is 0.132 e. The molecule has 2 aromatic heterocycles. The van der Waals surface area contributed by atoms with Crippen molar-refractivity contribution in [3.05, 3.63) is 33.2 Å². The summed E-state index contributed by atoms with van der Waals surface area (Å²) in [6, 6.07) is 4.09. The molecule has 0 amide bonds. The molecule has 0 aliphatic heterocycles. The number of hydrogen-bond donors (Lipinski definition) is 0. The molecule has 0 saturated carbocycles. The molecule has 0 spiro atoms. The van der Waals surface area contributed by atoms with Crippen molar-refractivity contribution in [2.75, 3.05) is 0 Å². The highest BCUT2D eigenvalue weighted by atomic mass is 79.9. The molecule has 0 bridgehead atoms. The van der Waals surface area contributed by atoms with E-state index in [2.05, 4.69) is 67.4 Å². The number of halogens is 2. The molecule has 80 valence electrons. The lowest BCUT2D eigenvalue weighted by Gasteiger charge is -2.04. The molecule has 4 heteroatoms. The Morgan fingerprint density at radius 2 is 2.07 bits per heavy atom. The van der Waals surface area contributed by atoms with Crippen molar-refractivity contribution < 1.29 is 0 Å². The maximum Gasteiger partial charge on any atom is 0.132 e. The van der Waals surface area contributed by atoms with Crippen molar-refractivity contribution in [2.24, 2.45) is 5.92 Å². The Labute approximate surface area is 106 Å². The van der Waals surface area contributed by atoms with Crippen LogP contribution in [0.1, 0.15) is 19.7 Å². The minimum atomic E-state index is 0.612. The van der Waals surface area contributed by atoms with Crippen LogP contribution in [0.3, 0.4) is 0 Å². The van der Waals surface area contributed by atoms with Crippen molar-refractivity contribution in [2.45, 2.75) is 20.3 Å². The Morgan fingerprint density at radius 3 is 2.73 bits per heavy atom. The Balaban J connectivity index is 2.59. The molecule has 15 heavy (non-hydrogen) atoms. The van der Waals surface area contributed by atoms with Crippen LogP contribution in [-0.2, 0) is 6.42 Å². The van der Waals surface area contributed by atoms with E-state index in [1.165, 1.54) is 0 Å². The van der Waals surface area contributed by atoms with Crippen LogP contribution in [0.2, 0.25) is 0 Å². The van der Waals surface area contributed by atoms with Gasteiger partial charge in [-0.2, -0.15) is 0 Å². The maximum absolute atomic E-state index is 4.53. The second-order valence-corrected chi connectivity index (χ2v) is 5.69. The quantitative estimate of drug-likeness (QED) is 0.811. The zero-order valence-corrected chi connectivity index (χ0v) is 11.8. The van der Waals surface area contributed by atoms with E-state index >= 15 is 0 Å². The topological polar surface area (TPSA) is 17.3 Å². The second kappa shape index (κ2) is 4.26. The van der Waals surface area contributed by atoms with Gasteiger partial charge in [0.1, 0.15) is 10.4 Å². The first-order chi connectivity index (χ1) is 7.08. The lowest BCUT2D eigenvalue weighted by atomic mass is 10.1. The number of nitrogens with zero attached hydrogens (tertiary/aromatic N) is 2. The molecule has 0 aliphatic carbocycles. The zero-order valence-electron chi connectivity index (χ0n) is 8.67. The maximum atomic E-state index is 4.53. The summed E-state index contributed by atoms with van der Waals surface area (Å²) in [6.45, 7) is 4.40. The van der Waals surface area contributed by atoms with Gasteiger partial charge in [0.25, 0.3) is 0 Å². The van der Waals surface area contributed by atoms with Crippen LogP contribution in [0.15, 0.2) is 27.4 Å². The van der Waals surface area contributed by atoms with Crippen LogP contribution >= 0.6 is 31.9 Å². The average molecular weight is 332 g/mol. The van der Waals surface area contributed by atoms with Crippen molar-refractivity contribution in [3.63, 3.8) is 0 Å². The average Bonchev–Trinajstić information content (AvgIpc) is 2.42. The minimum absolute atomic E-state index is 0.612. The number of aromatic nitrogens is 2. The molecule has 0 saturated heterocycles. The van der Waals surface area contributed by atoms with Crippen molar-refractivity contribution in [1.82, 2.24) is 9.38 Å². The van der Waals surface area contributed by atoms with E-state index in [0.29, 0.717) is 5.92 Å². The van der Waals surface area contributed by atoms with Gasteiger partial charge in [0.05, 0.1) is 5.52 Å². The third kappa shape index (κ3) is 2.26. The third-order valence-electron chi connectivity index (χ3n) is 2.22. The molecule has 2 heterocycles. The predicted octanol–water partition coefficient (Wildman–Crippen LogP) is 4.06. The Hall–Kier alpha value is -0.350. The molecule has 0 atom stereocenters. The highest BCUT2D eigenvalue weighted by molar-refractivity contribution is 9.10. The zero-order chi connectivity index (χ0) is 11.0. The van der Waals surface area contributed by atoms with E-state index < -0.39 is 0 Å². The summed E-state index contributed by atoms with van der Waals surface area (Å²) in [6.07, 6.45) is 3.05. The summed E-state index contributed by atoms with van der Waals surface area (Å²) in [5, 5.41) is 0. The van der Waals surface area contributed by atoms with Gasteiger partial charge in [-0.15, -0.1) is 0 Å². The normalized spacial score (nSPS) is 11.5. The van der Waals surface area contributed by atoms with Crippen molar-refractivity contribution in [3.8, 4) is 0 Å². The SMILES string of the molecule is CC(C)Cc1nc(Br)c2ccc(Br)cn12. The highest BCUT2D eigenvalue weighted by Gasteiger charge is 2.10. The fourth-order valence-electron chi connectivity index (χ4n) is 1.59. The van der Waals surface area contributed by atoms with Crippen LogP contribution in [0, 0.1) is 5.92 Å². The van der Waals surface area contributed by atoms with Crippen LogP contribution in [0.25, 0.3) is 5.52 Å². The van der Waals surface area contributed by atoms with E-state index in [4.69, 9.17) is 0 Å². The van der Waals surface area contributed by atoms with E-state index in [1.807, 2.05) is 6.07 Å². The predicted molar refractivity (Wildman–Crippen MR) is 69.1 cm³/mol. The number of imidazole rings is 1. The lowest BCUT2D eigenvalue weighted by molar-refractivity contribution is 0.618. The fourth-order valence-corrected chi connectivity index (χ4v) is 2.45. The van der Waals surface area contributed by atoms with Crippen LogP contribution < -0.4 is 0 Å². The molecule has 2 nitrogen and oxygen atoms in total. The standard InChI is InChI=1S/C11H12Br2N2/c1-7(2)5-10-14-11(13)9-4-3-8(12)6-15(9)10/h3-4,6-7H,5H2,1-2H3. The summed E-state index contributed by atoms with van der Waals surface area (Å²) in [7, 11) is 0. The summed E-state index contributed by atoms with van der Waals surface area (Å²) < 4.78 is 4.13. The van der Waals surface area contributed by atoms with Crippen molar-refractivity contribution in [1.29, 1.82) is 0 Å². The molecular formula is C11H12Br2N2. The van der Waals surface area contributed by atoms with Crippen LogP contribution in [-0.4, -0.2) is 9.38 Å². The first-order valence-electron chi connectivity index (χ1n) is 4.90. The minimum Gasteiger partial charge on any atom is -0.301 e. The van der Waals surface area contributed by atoms with Crippen molar-refractivity contribution >= 4 is 37.4 Å². The van der Waals surface area contributed by atoms with Gasteiger partial charge in [0.15, 0.2) is 0 Å². The first-order valence-corrected chi connectivity index (χ1v) is 6.48. The van der Waals surface area contributed by atoms with Gasteiger partial charge >= 0.3 is 0 Å². The molecule has 0 unspecified atom stereocenters. The molecule has 0 N–H and O–H groups in total. The Kier molecular flexibility index (Phi) is 3.16. The second-order valence-electron chi connectivity index (χ2n) is 4.02. The lowest BCUT2D eigenvalue weighted by Crippen LogP contribution is -2.00. The highest BCUT2D eigenvalue weighted by Crippen LogP contribution is 2.22. The van der Waals surface area contributed by atoms with Gasteiger partial charge in [-0.1, -0.05) is 13.8 Å². The number of rotatable bonds is 2. The molecule has 0 aromatic carbocycles. The summed E-state index contributed by atoms with van der Waals surface area (Å²) in [4.78, 5) is 4.53. The number of fused-ring (bicyclic) bond motifs is 1. The molecular weight excluding hydrogens is 320 g/mol. The number of pyridine rings is 1. The van der Waals surface area contributed by atoms with E-state index in [-0.39, 0.29) is 0 Å². The Bertz CT molecular complexity index is 489. The summed E-state index contributed by atoms with van der Waals surface area (Å²) >= 11 is 6.96. The summed E-state index contributed by atoms with van der Waals surface area (Å²) in [5.41, 5.74) is 1.12. The molecule has 2 aromatic rings. The first kappa shape index (κ1) is 11.1. The number of hydrogen-bond acceptors (Lipinski definition) is 1. The largest absolute Gasteiger partial charge is 0.301 e. The van der Waals surface area contributed by atoms with Gasteiger partial charge in [0, 0.05) is 17.1 Å². The van der Waals surface area contributed by atoms with E-state index in [1.54, 1.807) is 0 Å². The van der Waals surface area contributed by atoms with Gasteiger partial charge in [-0.05, 0) is 49.9 Å². The van der Waals surface area contributed by atoms with E-state index in [9.17, 15) is 0 Å². The summed E-state index contributed by atoms with van der Waals surface area (Å²) in [5.74, 6) is 1.72. The van der Waals surface area contributed by atoms with Crippen LogP contribution in [0.4, 0.5) is 0 Å². The van der Waals surface area contributed by atoms with E-state index in [0.717, 1.165) is 26.8 Å². The molecule has 0 fully saturated rings. The monoisotopic (exact) mass is 330 g/mol. The van der Waals surface area contributed by atoms with Gasteiger partial charge in [-0.25, -0.2) is 4.98 Å². The third-order valence-corrected chi connectivity index (χ3v) is 3.27. The van der Waals surface area contributed by atoms with Gasteiger partial charge in [-0.3, -0.25) is 0 Å². The molecule has 0 radical (unpaired) electrons.